The molecule has 3 aromatic rings. The van der Waals surface area contributed by atoms with Gasteiger partial charge >= 0.3 is 0 Å². The van der Waals surface area contributed by atoms with Crippen molar-refractivity contribution in [1.82, 2.24) is 15.3 Å². The summed E-state index contributed by atoms with van der Waals surface area (Å²) in [5, 5.41) is 9.08. The first-order chi connectivity index (χ1) is 8.84. The normalized spacial score (nSPS) is 11.2. The first kappa shape index (κ1) is 11.4. The molecule has 0 bridgehead atoms. The number of aromatic amines is 1. The molecule has 3 rings (SSSR count). The number of hydrogen-bond acceptors (Lipinski definition) is 3. The van der Waals surface area contributed by atoms with E-state index in [2.05, 4.69) is 39.0 Å². The minimum atomic E-state index is 0.862. The van der Waals surface area contributed by atoms with Gasteiger partial charge in [0.1, 0.15) is 5.65 Å². The third kappa shape index (κ3) is 2.17. The highest BCUT2D eigenvalue weighted by molar-refractivity contribution is 7.08. The van der Waals surface area contributed by atoms with Gasteiger partial charge in [0.15, 0.2) is 0 Å². The van der Waals surface area contributed by atoms with Crippen LogP contribution < -0.4 is 5.32 Å². The van der Waals surface area contributed by atoms with Crippen LogP contribution in [0.15, 0.2) is 35.3 Å². The Balaban J connectivity index is 1.68. The van der Waals surface area contributed by atoms with Gasteiger partial charge in [0.05, 0.1) is 0 Å². The highest BCUT2D eigenvalue weighted by atomic mass is 32.1. The summed E-state index contributed by atoms with van der Waals surface area (Å²) in [6.45, 7) is 3.94. The van der Waals surface area contributed by atoms with E-state index in [-0.39, 0.29) is 0 Å². The minimum absolute atomic E-state index is 0.862. The molecule has 3 aromatic heterocycles. The number of H-pyrrole nitrogens is 1. The Morgan fingerprint density at radius 1 is 1.28 bits per heavy atom. The summed E-state index contributed by atoms with van der Waals surface area (Å²) >= 11 is 1.76. The van der Waals surface area contributed by atoms with Crippen molar-refractivity contribution in [3.8, 4) is 0 Å². The van der Waals surface area contributed by atoms with E-state index >= 15 is 0 Å². The second-order valence-corrected chi connectivity index (χ2v) is 5.14. The zero-order chi connectivity index (χ0) is 12.4. The second kappa shape index (κ2) is 4.92. The van der Waals surface area contributed by atoms with Gasteiger partial charge < -0.3 is 10.3 Å². The van der Waals surface area contributed by atoms with Gasteiger partial charge in [-0.1, -0.05) is 0 Å². The molecule has 0 aliphatic carbocycles. The van der Waals surface area contributed by atoms with Gasteiger partial charge in [0, 0.05) is 30.9 Å². The van der Waals surface area contributed by atoms with E-state index in [9.17, 15) is 0 Å². The lowest BCUT2D eigenvalue weighted by Crippen LogP contribution is -2.12. The van der Waals surface area contributed by atoms with Crippen LogP contribution in [0.5, 0.6) is 0 Å². The number of rotatable bonds is 4. The topological polar surface area (TPSA) is 40.7 Å². The molecule has 2 N–H and O–H groups in total. The number of nitrogens with one attached hydrogen (secondary N) is 2. The average molecular weight is 257 g/mol. The lowest BCUT2D eigenvalue weighted by atomic mass is 10.2. The van der Waals surface area contributed by atoms with Crippen molar-refractivity contribution >= 4 is 22.4 Å². The number of pyridine rings is 1. The fraction of sp³-hybridized carbons (Fsp3) is 0.214. The molecule has 0 fully saturated rings. The molecule has 0 unspecified atom stereocenters. The molecule has 4 heteroatoms. The second-order valence-electron chi connectivity index (χ2n) is 4.40. The molecular weight excluding hydrogens is 242 g/mol. The maximum atomic E-state index is 4.29. The van der Waals surface area contributed by atoms with E-state index in [1.54, 1.807) is 11.3 Å². The van der Waals surface area contributed by atoms with Crippen LogP contribution >= 0.6 is 11.3 Å². The zero-order valence-corrected chi connectivity index (χ0v) is 11.1. The zero-order valence-electron chi connectivity index (χ0n) is 10.2. The largest absolute Gasteiger partial charge is 0.346 e. The summed E-state index contributed by atoms with van der Waals surface area (Å²) in [6.07, 6.45) is 3.84. The van der Waals surface area contributed by atoms with E-state index in [0.717, 1.165) is 18.7 Å². The summed E-state index contributed by atoms with van der Waals surface area (Å²) in [5.74, 6) is 0. The number of hydrogen-bond donors (Lipinski definition) is 2. The van der Waals surface area contributed by atoms with Crippen molar-refractivity contribution in [2.45, 2.75) is 20.0 Å². The molecule has 92 valence electrons. The molecule has 3 heterocycles. The smallest absolute Gasteiger partial charge is 0.137 e. The molecule has 0 radical (unpaired) electrons. The van der Waals surface area contributed by atoms with Crippen LogP contribution in [0.25, 0.3) is 11.0 Å². The highest BCUT2D eigenvalue weighted by Crippen LogP contribution is 2.16. The van der Waals surface area contributed by atoms with Crippen LogP contribution in [0.1, 0.15) is 16.7 Å². The summed E-state index contributed by atoms with van der Waals surface area (Å²) in [4.78, 5) is 7.49. The summed E-state index contributed by atoms with van der Waals surface area (Å²) < 4.78 is 0. The molecule has 18 heavy (non-hydrogen) atoms. The predicted octanol–water partition coefficient (Wildman–Crippen LogP) is 3.22. The van der Waals surface area contributed by atoms with Gasteiger partial charge in [-0.2, -0.15) is 11.3 Å². The van der Waals surface area contributed by atoms with Crippen LogP contribution in [0, 0.1) is 6.92 Å². The number of aromatic nitrogens is 2. The Morgan fingerprint density at radius 2 is 2.17 bits per heavy atom. The molecule has 0 aromatic carbocycles. The first-order valence-electron chi connectivity index (χ1n) is 5.98. The molecule has 0 spiro atoms. The highest BCUT2D eigenvalue weighted by Gasteiger charge is 2.04. The standard InChI is InChI=1S/C14H15N3S/c1-10-8-18-9-12(10)6-15-5-11-7-17-14-13(11)3-2-4-16-14/h2-4,7-9,15H,5-6H2,1H3,(H,16,17). The van der Waals surface area contributed by atoms with Gasteiger partial charge in [-0.15, -0.1) is 0 Å². The Labute approximate surface area is 110 Å². The quantitative estimate of drug-likeness (QED) is 0.753. The van der Waals surface area contributed by atoms with Gasteiger partial charge in [-0.3, -0.25) is 0 Å². The third-order valence-corrected chi connectivity index (χ3v) is 4.04. The van der Waals surface area contributed by atoms with E-state index in [0.29, 0.717) is 0 Å². The van der Waals surface area contributed by atoms with Crippen LogP contribution in [0.2, 0.25) is 0 Å². The lowest BCUT2D eigenvalue weighted by Gasteiger charge is -2.03. The Bertz CT molecular complexity index is 654. The van der Waals surface area contributed by atoms with Crippen molar-refractivity contribution in [1.29, 1.82) is 0 Å². The molecular formula is C14H15N3S. The first-order valence-corrected chi connectivity index (χ1v) is 6.92. The average Bonchev–Trinajstić information content (AvgIpc) is 2.97. The Hall–Kier alpha value is -1.65. The summed E-state index contributed by atoms with van der Waals surface area (Å²) in [5.41, 5.74) is 4.98. The fourth-order valence-electron chi connectivity index (χ4n) is 2.06. The molecule has 0 aliphatic rings. The van der Waals surface area contributed by atoms with E-state index in [1.807, 2.05) is 18.5 Å². The van der Waals surface area contributed by atoms with Crippen LogP contribution in [-0.2, 0) is 13.1 Å². The lowest BCUT2D eigenvalue weighted by molar-refractivity contribution is 0.695. The SMILES string of the molecule is Cc1cscc1CNCc1c[nH]c2ncccc12. The van der Waals surface area contributed by atoms with E-state index in [4.69, 9.17) is 0 Å². The molecule has 0 atom stereocenters. The minimum Gasteiger partial charge on any atom is -0.346 e. The van der Waals surface area contributed by atoms with Gasteiger partial charge in [0.2, 0.25) is 0 Å². The summed E-state index contributed by atoms with van der Waals surface area (Å²) in [6, 6.07) is 4.08. The van der Waals surface area contributed by atoms with Crippen molar-refractivity contribution in [3.63, 3.8) is 0 Å². The molecule has 0 saturated carbocycles. The van der Waals surface area contributed by atoms with Crippen molar-refractivity contribution in [3.05, 3.63) is 52.0 Å². The van der Waals surface area contributed by atoms with Gasteiger partial charge in [-0.25, -0.2) is 4.98 Å². The predicted molar refractivity (Wildman–Crippen MR) is 75.7 cm³/mol. The van der Waals surface area contributed by atoms with Crippen molar-refractivity contribution in [2.24, 2.45) is 0 Å². The number of fused-ring (bicyclic) bond motifs is 1. The van der Waals surface area contributed by atoms with E-state index in [1.165, 1.54) is 22.1 Å². The van der Waals surface area contributed by atoms with Gasteiger partial charge in [-0.05, 0) is 46.5 Å². The molecule has 0 aliphatic heterocycles. The molecule has 0 amide bonds. The maximum Gasteiger partial charge on any atom is 0.137 e. The monoisotopic (exact) mass is 257 g/mol. The van der Waals surface area contributed by atoms with Crippen LogP contribution in [-0.4, -0.2) is 9.97 Å². The van der Waals surface area contributed by atoms with Gasteiger partial charge in [0.25, 0.3) is 0 Å². The Kier molecular flexibility index (Phi) is 3.13. The third-order valence-electron chi connectivity index (χ3n) is 3.13. The molecule has 3 nitrogen and oxygen atoms in total. The van der Waals surface area contributed by atoms with E-state index < -0.39 is 0 Å². The Morgan fingerprint density at radius 3 is 3.00 bits per heavy atom. The number of thiophene rings is 1. The van der Waals surface area contributed by atoms with Crippen LogP contribution in [0.3, 0.4) is 0 Å². The number of aryl methyl sites for hydroxylation is 1. The van der Waals surface area contributed by atoms with Crippen LogP contribution in [0.4, 0.5) is 0 Å². The van der Waals surface area contributed by atoms with Crippen molar-refractivity contribution in [2.75, 3.05) is 0 Å². The summed E-state index contributed by atoms with van der Waals surface area (Å²) in [7, 11) is 0. The maximum absolute atomic E-state index is 4.29. The molecule has 0 saturated heterocycles. The fourth-order valence-corrected chi connectivity index (χ4v) is 2.92. The van der Waals surface area contributed by atoms with Crippen molar-refractivity contribution < 1.29 is 0 Å². The number of nitrogens with zero attached hydrogens (tertiary/aromatic N) is 1.